The third kappa shape index (κ3) is 4.43. The molecule has 1 nitrogen and oxygen atoms in total. The fraction of sp³-hybridized carbons (Fsp3) is 0.500. The van der Waals surface area contributed by atoms with Crippen molar-refractivity contribution in [2.45, 2.75) is 6.92 Å². The molecule has 0 radical (unpaired) electrons. The summed E-state index contributed by atoms with van der Waals surface area (Å²) in [6, 6.07) is 0. The number of aliphatic hydroxyl groups excluding tert-OH is 1. The highest BCUT2D eigenvalue weighted by atomic mass is 127. The lowest BCUT2D eigenvalue weighted by atomic mass is 10.6. The number of hydrogen-bond acceptors (Lipinski definition) is 1. The highest BCUT2D eigenvalue weighted by Crippen LogP contribution is 1.99. The minimum Gasteiger partial charge on any atom is -0.392 e. The molecule has 0 unspecified atom stereocenters. The smallest absolute Gasteiger partial charge is 0.0622 e. The second-order valence-corrected chi connectivity index (χ2v) is 2.68. The summed E-state index contributed by atoms with van der Waals surface area (Å²) in [6.07, 6.45) is 1.75. The first-order chi connectivity index (χ1) is 2.77. The Balaban J connectivity index is 3.14. The fourth-order valence-electron chi connectivity index (χ4n) is 0.126. The van der Waals surface area contributed by atoms with Gasteiger partial charge in [-0.3, -0.25) is 0 Å². The summed E-state index contributed by atoms with van der Waals surface area (Å²) in [5.74, 6) is 0. The van der Waals surface area contributed by atoms with E-state index in [1.807, 2.05) is 6.92 Å². The Hall–Kier alpha value is 0.430. The van der Waals surface area contributed by atoms with Crippen molar-refractivity contribution in [3.63, 3.8) is 0 Å². The van der Waals surface area contributed by atoms with Crippen LogP contribution in [0.25, 0.3) is 0 Å². The molecule has 0 saturated heterocycles. The summed E-state index contributed by atoms with van der Waals surface area (Å²) in [4.78, 5) is 0. The first-order valence-corrected chi connectivity index (χ1v) is 2.78. The number of hydrogen-bond donors (Lipinski definition) is 1. The molecule has 0 aromatic heterocycles. The van der Waals surface area contributed by atoms with Gasteiger partial charge in [0.05, 0.1) is 6.61 Å². The van der Waals surface area contributed by atoms with Crippen molar-refractivity contribution in [3.8, 4) is 0 Å². The third-order valence-electron chi connectivity index (χ3n) is 0.373. The Morgan fingerprint density at radius 1 is 2.00 bits per heavy atom. The molecule has 0 bridgehead atoms. The SMILES string of the molecule is C/C(I)=C\CO. The number of allylic oxidation sites excluding steroid dienone is 1. The van der Waals surface area contributed by atoms with Crippen LogP contribution in [0.15, 0.2) is 9.66 Å². The van der Waals surface area contributed by atoms with E-state index in [0.717, 1.165) is 3.58 Å². The molecule has 0 heterocycles. The van der Waals surface area contributed by atoms with Crippen LogP contribution in [-0.2, 0) is 0 Å². The van der Waals surface area contributed by atoms with Gasteiger partial charge in [-0.1, -0.05) is 6.08 Å². The molecule has 1 N–H and O–H groups in total. The van der Waals surface area contributed by atoms with Crippen molar-refractivity contribution < 1.29 is 5.11 Å². The largest absolute Gasteiger partial charge is 0.392 e. The van der Waals surface area contributed by atoms with Gasteiger partial charge in [-0.05, 0) is 33.1 Å². The van der Waals surface area contributed by atoms with E-state index in [-0.39, 0.29) is 6.61 Å². The predicted molar refractivity (Wildman–Crippen MR) is 34.9 cm³/mol. The van der Waals surface area contributed by atoms with Crippen molar-refractivity contribution in [1.29, 1.82) is 0 Å². The second kappa shape index (κ2) is 3.61. The Kier molecular flexibility index (Phi) is 3.87. The van der Waals surface area contributed by atoms with E-state index in [9.17, 15) is 0 Å². The molecule has 0 aliphatic rings. The maximum atomic E-state index is 8.16. The van der Waals surface area contributed by atoms with Crippen molar-refractivity contribution >= 4 is 22.6 Å². The fourth-order valence-corrected chi connectivity index (χ4v) is 0.323. The van der Waals surface area contributed by atoms with E-state index in [1.165, 1.54) is 0 Å². The van der Waals surface area contributed by atoms with Crippen LogP contribution in [0, 0.1) is 0 Å². The molecule has 0 atom stereocenters. The van der Waals surface area contributed by atoms with Gasteiger partial charge in [0.2, 0.25) is 0 Å². The van der Waals surface area contributed by atoms with Gasteiger partial charge in [0.15, 0.2) is 0 Å². The molecule has 0 aliphatic carbocycles. The number of aliphatic hydroxyl groups is 1. The standard InChI is InChI=1S/C4H7IO/c1-4(5)2-3-6/h2,6H,3H2,1H3/b4-2+. The van der Waals surface area contributed by atoms with E-state index < -0.39 is 0 Å². The molecule has 2 heteroatoms. The van der Waals surface area contributed by atoms with Gasteiger partial charge < -0.3 is 5.11 Å². The summed E-state index contributed by atoms with van der Waals surface area (Å²) in [5.41, 5.74) is 0. The van der Waals surface area contributed by atoms with Gasteiger partial charge in [0.1, 0.15) is 0 Å². The lowest BCUT2D eigenvalue weighted by molar-refractivity contribution is 0.342. The summed E-state index contributed by atoms with van der Waals surface area (Å²) in [5, 5.41) is 8.16. The molecule has 0 fully saturated rings. The molecular formula is C4H7IO. The van der Waals surface area contributed by atoms with Gasteiger partial charge in [-0.15, -0.1) is 0 Å². The summed E-state index contributed by atoms with van der Waals surface area (Å²) in [6.45, 7) is 2.10. The molecule has 36 valence electrons. The first-order valence-electron chi connectivity index (χ1n) is 1.70. The van der Waals surface area contributed by atoms with Gasteiger partial charge in [-0.2, -0.15) is 0 Å². The van der Waals surface area contributed by atoms with Gasteiger partial charge in [-0.25, -0.2) is 0 Å². The number of rotatable bonds is 1. The molecule has 6 heavy (non-hydrogen) atoms. The van der Waals surface area contributed by atoms with Crippen molar-refractivity contribution in [2.75, 3.05) is 6.61 Å². The quantitative estimate of drug-likeness (QED) is 0.630. The second-order valence-electron chi connectivity index (χ2n) is 0.973. The maximum Gasteiger partial charge on any atom is 0.0622 e. The Morgan fingerprint density at radius 3 is 2.50 bits per heavy atom. The van der Waals surface area contributed by atoms with Crippen LogP contribution < -0.4 is 0 Å². The van der Waals surface area contributed by atoms with Gasteiger partial charge in [0, 0.05) is 0 Å². The number of halogens is 1. The summed E-state index contributed by atoms with van der Waals surface area (Å²) in [7, 11) is 0. The first kappa shape index (κ1) is 6.43. The summed E-state index contributed by atoms with van der Waals surface area (Å²) < 4.78 is 1.13. The molecule has 0 aromatic carbocycles. The van der Waals surface area contributed by atoms with E-state index in [2.05, 4.69) is 22.6 Å². The molecule has 0 aliphatic heterocycles. The lowest BCUT2D eigenvalue weighted by Crippen LogP contribution is -1.69. The zero-order valence-corrected chi connectivity index (χ0v) is 5.77. The van der Waals surface area contributed by atoms with E-state index in [0.29, 0.717) is 0 Å². The van der Waals surface area contributed by atoms with E-state index >= 15 is 0 Å². The lowest BCUT2D eigenvalue weighted by Gasteiger charge is -1.77. The Bertz CT molecular complexity index is 54.6. The van der Waals surface area contributed by atoms with Crippen molar-refractivity contribution in [2.24, 2.45) is 0 Å². The summed E-state index contributed by atoms with van der Waals surface area (Å²) >= 11 is 2.14. The van der Waals surface area contributed by atoms with Crippen molar-refractivity contribution in [3.05, 3.63) is 9.66 Å². The average molecular weight is 198 g/mol. The molecular weight excluding hydrogens is 191 g/mol. The van der Waals surface area contributed by atoms with Crippen LogP contribution in [0.2, 0.25) is 0 Å². The minimum atomic E-state index is 0.161. The van der Waals surface area contributed by atoms with Crippen LogP contribution in [0.5, 0.6) is 0 Å². The average Bonchev–Trinajstić information content (AvgIpc) is 1.35. The van der Waals surface area contributed by atoms with E-state index in [4.69, 9.17) is 5.11 Å². The minimum absolute atomic E-state index is 0.161. The van der Waals surface area contributed by atoms with Crippen LogP contribution in [0.3, 0.4) is 0 Å². The highest BCUT2D eigenvalue weighted by molar-refractivity contribution is 14.1. The maximum absolute atomic E-state index is 8.16. The highest BCUT2D eigenvalue weighted by Gasteiger charge is 1.70. The monoisotopic (exact) mass is 198 g/mol. The predicted octanol–water partition coefficient (Wildman–Crippen LogP) is 1.32. The van der Waals surface area contributed by atoms with Crippen LogP contribution >= 0.6 is 22.6 Å². The zero-order valence-electron chi connectivity index (χ0n) is 3.61. The van der Waals surface area contributed by atoms with Crippen molar-refractivity contribution in [1.82, 2.24) is 0 Å². The van der Waals surface area contributed by atoms with E-state index in [1.54, 1.807) is 6.08 Å². The van der Waals surface area contributed by atoms with Crippen LogP contribution in [0.1, 0.15) is 6.92 Å². The van der Waals surface area contributed by atoms with Gasteiger partial charge in [0.25, 0.3) is 0 Å². The zero-order chi connectivity index (χ0) is 4.99. The van der Waals surface area contributed by atoms with Gasteiger partial charge >= 0.3 is 0 Å². The van der Waals surface area contributed by atoms with Crippen LogP contribution in [-0.4, -0.2) is 11.7 Å². The Morgan fingerprint density at radius 2 is 2.50 bits per heavy atom. The molecule has 0 aromatic rings. The third-order valence-corrected chi connectivity index (χ3v) is 0.813. The molecule has 0 spiro atoms. The van der Waals surface area contributed by atoms with Crippen LogP contribution in [0.4, 0.5) is 0 Å². The Labute approximate surface area is 51.2 Å². The molecule has 0 rings (SSSR count). The molecule has 0 amide bonds. The molecule has 0 saturated carbocycles. The topological polar surface area (TPSA) is 20.2 Å². The normalized spacial score (nSPS) is 12.2.